The number of nitrogens with one attached hydrogen (secondary N) is 1. The van der Waals surface area contributed by atoms with Crippen LogP contribution < -0.4 is 5.32 Å². The Balaban J connectivity index is 1.91. The fourth-order valence-electron chi connectivity index (χ4n) is 3.07. The van der Waals surface area contributed by atoms with Crippen molar-refractivity contribution >= 4 is 11.8 Å². The SMILES string of the molecule is CCCC(NC1CCC(SC)CC1)c1ccccc1. The maximum absolute atomic E-state index is 3.91. The molecule has 0 heterocycles. The Bertz CT molecular complexity index is 344. The zero-order valence-electron chi connectivity index (χ0n) is 12.3. The Morgan fingerprint density at radius 1 is 1.16 bits per heavy atom. The van der Waals surface area contributed by atoms with Gasteiger partial charge in [0.25, 0.3) is 0 Å². The summed E-state index contributed by atoms with van der Waals surface area (Å²) in [5, 5.41) is 4.81. The van der Waals surface area contributed by atoms with Crippen LogP contribution in [0, 0.1) is 0 Å². The second kappa shape index (κ2) is 7.96. The zero-order valence-corrected chi connectivity index (χ0v) is 13.1. The van der Waals surface area contributed by atoms with Crippen LogP contribution in [0.5, 0.6) is 0 Å². The molecule has 1 saturated carbocycles. The van der Waals surface area contributed by atoms with Crippen LogP contribution in [0.25, 0.3) is 0 Å². The molecule has 2 heteroatoms. The zero-order chi connectivity index (χ0) is 13.5. The van der Waals surface area contributed by atoms with E-state index in [1.54, 1.807) is 0 Å². The van der Waals surface area contributed by atoms with Gasteiger partial charge in [-0.15, -0.1) is 0 Å². The molecule has 1 N–H and O–H groups in total. The van der Waals surface area contributed by atoms with Crippen LogP contribution in [-0.4, -0.2) is 17.5 Å². The average Bonchev–Trinajstić information content (AvgIpc) is 2.48. The quantitative estimate of drug-likeness (QED) is 0.802. The van der Waals surface area contributed by atoms with Crippen LogP contribution in [0.3, 0.4) is 0 Å². The second-order valence-corrected chi connectivity index (χ2v) is 6.77. The average molecular weight is 277 g/mol. The van der Waals surface area contributed by atoms with Gasteiger partial charge >= 0.3 is 0 Å². The smallest absolute Gasteiger partial charge is 0.0322 e. The third kappa shape index (κ3) is 4.54. The largest absolute Gasteiger partial charge is 0.307 e. The molecule has 1 nitrogen and oxygen atoms in total. The van der Waals surface area contributed by atoms with Gasteiger partial charge in [0, 0.05) is 17.3 Å². The van der Waals surface area contributed by atoms with Gasteiger partial charge in [0.05, 0.1) is 0 Å². The van der Waals surface area contributed by atoms with E-state index in [0.717, 1.165) is 11.3 Å². The van der Waals surface area contributed by atoms with E-state index >= 15 is 0 Å². The van der Waals surface area contributed by atoms with Gasteiger partial charge in [-0.1, -0.05) is 43.7 Å². The third-order valence-corrected chi connectivity index (χ3v) is 5.36. The molecule has 1 aliphatic rings. The monoisotopic (exact) mass is 277 g/mol. The van der Waals surface area contributed by atoms with Crippen LogP contribution in [-0.2, 0) is 0 Å². The molecule has 1 aromatic rings. The molecule has 0 radical (unpaired) electrons. The normalized spacial score (nSPS) is 25.2. The van der Waals surface area contributed by atoms with Crippen molar-refractivity contribution < 1.29 is 0 Å². The van der Waals surface area contributed by atoms with Crippen molar-refractivity contribution in [3.05, 3.63) is 35.9 Å². The first kappa shape index (κ1) is 14.9. The van der Waals surface area contributed by atoms with E-state index in [9.17, 15) is 0 Å². The summed E-state index contributed by atoms with van der Waals surface area (Å²) in [4.78, 5) is 0. The molecule has 0 aromatic heterocycles. The Hall–Kier alpha value is -0.470. The van der Waals surface area contributed by atoms with Gasteiger partial charge in [0.15, 0.2) is 0 Å². The fraction of sp³-hybridized carbons (Fsp3) is 0.647. The number of hydrogen-bond acceptors (Lipinski definition) is 2. The fourth-order valence-corrected chi connectivity index (χ4v) is 3.81. The summed E-state index contributed by atoms with van der Waals surface area (Å²) in [7, 11) is 0. The standard InChI is InChI=1S/C17H27NS/c1-3-7-17(14-8-5-4-6-9-14)18-15-10-12-16(19-2)13-11-15/h4-6,8-9,15-18H,3,7,10-13H2,1-2H3. The minimum Gasteiger partial charge on any atom is -0.307 e. The molecule has 2 rings (SSSR count). The highest BCUT2D eigenvalue weighted by atomic mass is 32.2. The van der Waals surface area contributed by atoms with Crippen LogP contribution >= 0.6 is 11.8 Å². The highest BCUT2D eigenvalue weighted by Gasteiger charge is 2.22. The van der Waals surface area contributed by atoms with Crippen molar-refractivity contribution in [2.24, 2.45) is 0 Å². The van der Waals surface area contributed by atoms with Gasteiger partial charge in [-0.2, -0.15) is 11.8 Å². The second-order valence-electron chi connectivity index (χ2n) is 5.63. The van der Waals surface area contributed by atoms with Gasteiger partial charge in [-0.3, -0.25) is 0 Å². The minimum atomic E-state index is 0.544. The predicted octanol–water partition coefficient (Wildman–Crippen LogP) is 4.79. The van der Waals surface area contributed by atoms with Crippen LogP contribution in [0.1, 0.15) is 57.1 Å². The Morgan fingerprint density at radius 2 is 1.84 bits per heavy atom. The summed E-state index contributed by atoms with van der Waals surface area (Å²) in [5.74, 6) is 0. The van der Waals surface area contributed by atoms with Gasteiger partial charge < -0.3 is 5.32 Å². The molecular weight excluding hydrogens is 250 g/mol. The maximum Gasteiger partial charge on any atom is 0.0322 e. The number of thioether (sulfide) groups is 1. The van der Waals surface area contributed by atoms with Crippen LogP contribution in [0.15, 0.2) is 30.3 Å². The summed E-state index contributed by atoms with van der Waals surface area (Å²) in [5.41, 5.74) is 1.45. The molecule has 106 valence electrons. The topological polar surface area (TPSA) is 12.0 Å². The minimum absolute atomic E-state index is 0.544. The molecule has 1 unspecified atom stereocenters. The van der Waals surface area contributed by atoms with Crippen molar-refractivity contribution in [1.82, 2.24) is 5.32 Å². The number of hydrogen-bond donors (Lipinski definition) is 1. The third-order valence-electron chi connectivity index (χ3n) is 4.22. The lowest BCUT2D eigenvalue weighted by molar-refractivity contribution is 0.333. The van der Waals surface area contributed by atoms with E-state index in [4.69, 9.17) is 0 Å². The van der Waals surface area contributed by atoms with E-state index in [0.29, 0.717) is 6.04 Å². The lowest BCUT2D eigenvalue weighted by atomic mass is 9.92. The molecule has 19 heavy (non-hydrogen) atoms. The first-order valence-electron chi connectivity index (χ1n) is 7.67. The van der Waals surface area contributed by atoms with Crippen LogP contribution in [0.4, 0.5) is 0 Å². The molecule has 0 bridgehead atoms. The van der Waals surface area contributed by atoms with E-state index in [1.807, 2.05) is 11.8 Å². The summed E-state index contributed by atoms with van der Waals surface area (Å²) in [6, 6.07) is 12.2. The maximum atomic E-state index is 3.91. The van der Waals surface area contributed by atoms with Gasteiger partial charge in [0.1, 0.15) is 0 Å². The van der Waals surface area contributed by atoms with Crippen molar-refractivity contribution in [2.45, 2.75) is 62.8 Å². The Kier molecular flexibility index (Phi) is 6.25. The highest BCUT2D eigenvalue weighted by molar-refractivity contribution is 7.99. The van der Waals surface area contributed by atoms with E-state index in [-0.39, 0.29) is 0 Å². The van der Waals surface area contributed by atoms with Crippen LogP contribution in [0.2, 0.25) is 0 Å². The Morgan fingerprint density at radius 3 is 2.42 bits per heavy atom. The highest BCUT2D eigenvalue weighted by Crippen LogP contribution is 2.29. The summed E-state index contributed by atoms with van der Waals surface area (Å²) in [6.45, 7) is 2.28. The van der Waals surface area contributed by atoms with Gasteiger partial charge in [-0.25, -0.2) is 0 Å². The Labute approximate surface area is 122 Å². The first-order chi connectivity index (χ1) is 9.33. The predicted molar refractivity (Wildman–Crippen MR) is 86.8 cm³/mol. The number of rotatable bonds is 6. The lowest BCUT2D eigenvalue weighted by Crippen LogP contribution is -2.36. The summed E-state index contributed by atoms with van der Waals surface area (Å²) in [6.07, 6.45) is 10.2. The molecule has 1 aliphatic carbocycles. The number of benzene rings is 1. The van der Waals surface area contributed by atoms with Crippen molar-refractivity contribution in [2.75, 3.05) is 6.26 Å². The van der Waals surface area contributed by atoms with Gasteiger partial charge in [-0.05, 0) is 43.9 Å². The molecule has 0 spiro atoms. The van der Waals surface area contributed by atoms with E-state index < -0.39 is 0 Å². The first-order valence-corrected chi connectivity index (χ1v) is 8.96. The summed E-state index contributed by atoms with van der Waals surface area (Å²) < 4.78 is 0. The van der Waals surface area contributed by atoms with E-state index in [2.05, 4.69) is 48.8 Å². The molecule has 1 atom stereocenters. The molecule has 1 fully saturated rings. The molecule has 0 aliphatic heterocycles. The lowest BCUT2D eigenvalue weighted by Gasteiger charge is -2.32. The molecule has 0 saturated heterocycles. The van der Waals surface area contributed by atoms with E-state index in [1.165, 1.54) is 44.1 Å². The molecule has 0 amide bonds. The van der Waals surface area contributed by atoms with Crippen molar-refractivity contribution in [3.8, 4) is 0 Å². The van der Waals surface area contributed by atoms with Gasteiger partial charge in [0.2, 0.25) is 0 Å². The van der Waals surface area contributed by atoms with Crippen molar-refractivity contribution in [1.29, 1.82) is 0 Å². The van der Waals surface area contributed by atoms with Crippen molar-refractivity contribution in [3.63, 3.8) is 0 Å². The summed E-state index contributed by atoms with van der Waals surface area (Å²) >= 11 is 2.05. The molecule has 1 aromatic carbocycles. The molecular formula is C17H27NS.